The number of carbonyl (C=O) groups is 3. The normalized spacial score (nSPS) is 10.3. The molecular formula is C20H18Cl2N4O4. The van der Waals surface area contributed by atoms with Gasteiger partial charge in [0.05, 0.1) is 6.21 Å². The Bertz CT molecular complexity index is 959. The molecule has 2 aromatic carbocycles. The summed E-state index contributed by atoms with van der Waals surface area (Å²) in [6.07, 6.45) is 2.74. The number of anilines is 1. The summed E-state index contributed by atoms with van der Waals surface area (Å²) < 4.78 is 5.52. The lowest BCUT2D eigenvalue weighted by atomic mass is 10.2. The number of ether oxygens (including phenoxy) is 1. The van der Waals surface area contributed by atoms with E-state index in [1.54, 1.807) is 42.5 Å². The maximum Gasteiger partial charge on any atom is 0.329 e. The van der Waals surface area contributed by atoms with Crippen LogP contribution in [0.5, 0.6) is 5.75 Å². The smallest absolute Gasteiger partial charge is 0.329 e. The average Bonchev–Trinajstić information content (AvgIpc) is 2.70. The number of hydrogen-bond acceptors (Lipinski definition) is 5. The summed E-state index contributed by atoms with van der Waals surface area (Å²) in [7, 11) is 0. The number of hydrogen-bond donors (Lipinski definition) is 3. The number of hydrazone groups is 1. The minimum absolute atomic E-state index is 0.163. The fraction of sp³-hybridized carbons (Fsp3) is 0.100. The Balaban J connectivity index is 1.93. The van der Waals surface area contributed by atoms with Crippen LogP contribution < -0.4 is 20.8 Å². The van der Waals surface area contributed by atoms with Crippen LogP contribution in [0.1, 0.15) is 5.56 Å². The van der Waals surface area contributed by atoms with Crippen molar-refractivity contribution in [3.8, 4) is 5.75 Å². The Morgan fingerprint density at radius 1 is 1.07 bits per heavy atom. The summed E-state index contributed by atoms with van der Waals surface area (Å²) in [5.41, 5.74) is 3.03. The molecule has 156 valence electrons. The fourth-order valence-corrected chi connectivity index (χ4v) is 2.67. The van der Waals surface area contributed by atoms with E-state index in [0.29, 0.717) is 27.0 Å². The number of rotatable bonds is 8. The number of nitrogens with zero attached hydrogens (tertiary/aromatic N) is 1. The van der Waals surface area contributed by atoms with Crippen molar-refractivity contribution < 1.29 is 19.1 Å². The largest absolute Gasteiger partial charge is 0.483 e. The Kier molecular flexibility index (Phi) is 8.86. The maximum atomic E-state index is 12.1. The van der Waals surface area contributed by atoms with Crippen LogP contribution in [0.15, 0.2) is 60.2 Å². The highest BCUT2D eigenvalue weighted by Crippen LogP contribution is 2.22. The molecule has 10 heteroatoms. The zero-order valence-electron chi connectivity index (χ0n) is 15.7. The number of carbonyl (C=O) groups excluding carboxylic acids is 3. The van der Waals surface area contributed by atoms with Crippen LogP contribution >= 0.6 is 23.2 Å². The van der Waals surface area contributed by atoms with E-state index in [0.717, 1.165) is 0 Å². The van der Waals surface area contributed by atoms with Crippen molar-refractivity contribution in [2.45, 2.75) is 0 Å². The molecule has 0 bridgehead atoms. The van der Waals surface area contributed by atoms with Gasteiger partial charge in [-0.1, -0.05) is 41.4 Å². The van der Waals surface area contributed by atoms with E-state index < -0.39 is 17.7 Å². The fourth-order valence-electron chi connectivity index (χ4n) is 2.14. The molecule has 0 radical (unpaired) electrons. The molecule has 3 N–H and O–H groups in total. The van der Waals surface area contributed by atoms with Crippen LogP contribution in [0.4, 0.5) is 5.69 Å². The first-order valence-corrected chi connectivity index (χ1v) is 9.34. The predicted molar refractivity (Wildman–Crippen MR) is 116 cm³/mol. The zero-order valence-corrected chi connectivity index (χ0v) is 17.2. The molecule has 8 nitrogen and oxygen atoms in total. The van der Waals surface area contributed by atoms with Gasteiger partial charge in [-0.2, -0.15) is 5.10 Å². The summed E-state index contributed by atoms with van der Waals surface area (Å²) in [5.74, 6) is -1.83. The summed E-state index contributed by atoms with van der Waals surface area (Å²) in [4.78, 5) is 35.2. The third kappa shape index (κ3) is 7.57. The molecule has 0 aromatic heterocycles. The summed E-state index contributed by atoms with van der Waals surface area (Å²) >= 11 is 11.8. The second kappa shape index (κ2) is 11.6. The molecule has 0 atom stereocenters. The van der Waals surface area contributed by atoms with Gasteiger partial charge in [0.2, 0.25) is 0 Å². The highest BCUT2D eigenvalue weighted by Gasteiger charge is 2.11. The number of benzene rings is 2. The molecule has 2 aromatic rings. The SMILES string of the molecule is C=CCNC(=O)C(=O)N/N=C\c1ccccc1OCC(=O)Nc1cc(Cl)cc(Cl)c1. The lowest BCUT2D eigenvalue weighted by Gasteiger charge is -2.10. The van der Waals surface area contributed by atoms with Gasteiger partial charge in [-0.3, -0.25) is 14.4 Å². The molecule has 0 aliphatic heterocycles. The van der Waals surface area contributed by atoms with Gasteiger partial charge in [-0.25, -0.2) is 5.43 Å². The van der Waals surface area contributed by atoms with Gasteiger partial charge in [0.1, 0.15) is 5.75 Å². The highest BCUT2D eigenvalue weighted by molar-refractivity contribution is 6.35. The van der Waals surface area contributed by atoms with E-state index in [-0.39, 0.29) is 13.2 Å². The van der Waals surface area contributed by atoms with Crippen molar-refractivity contribution >= 4 is 52.8 Å². The van der Waals surface area contributed by atoms with Gasteiger partial charge in [0.25, 0.3) is 5.91 Å². The standard InChI is InChI=1S/C20H18Cl2N4O4/c1-2-7-23-19(28)20(29)26-24-11-13-5-3-4-6-17(13)30-12-18(27)25-16-9-14(21)8-15(22)10-16/h2-6,8-11H,1,7,12H2,(H,23,28)(H,25,27)(H,26,29)/b24-11-. The van der Waals surface area contributed by atoms with Gasteiger partial charge in [0, 0.05) is 27.8 Å². The Morgan fingerprint density at radius 3 is 2.47 bits per heavy atom. The number of amides is 3. The molecule has 0 spiro atoms. The molecule has 0 aliphatic rings. The van der Waals surface area contributed by atoms with E-state index >= 15 is 0 Å². The minimum atomic E-state index is -0.925. The Hall–Kier alpha value is -3.36. The molecule has 2 rings (SSSR count). The predicted octanol–water partition coefficient (Wildman–Crippen LogP) is 2.76. The molecule has 0 saturated heterocycles. The van der Waals surface area contributed by atoms with Crippen molar-refractivity contribution in [1.82, 2.24) is 10.7 Å². The van der Waals surface area contributed by atoms with E-state index in [4.69, 9.17) is 27.9 Å². The maximum absolute atomic E-state index is 12.1. The number of para-hydroxylation sites is 1. The van der Waals surface area contributed by atoms with Crippen LogP contribution in [-0.2, 0) is 14.4 Å². The average molecular weight is 449 g/mol. The third-order valence-electron chi connectivity index (χ3n) is 3.41. The Morgan fingerprint density at radius 2 is 1.77 bits per heavy atom. The zero-order chi connectivity index (χ0) is 21.9. The van der Waals surface area contributed by atoms with Crippen molar-refractivity contribution in [3.63, 3.8) is 0 Å². The number of nitrogens with one attached hydrogen (secondary N) is 3. The van der Waals surface area contributed by atoms with Gasteiger partial charge in [-0.05, 0) is 30.3 Å². The molecule has 30 heavy (non-hydrogen) atoms. The molecule has 0 fully saturated rings. The summed E-state index contributed by atoms with van der Waals surface area (Å²) in [6.45, 7) is 3.31. The summed E-state index contributed by atoms with van der Waals surface area (Å²) in [6, 6.07) is 11.4. The minimum Gasteiger partial charge on any atom is -0.483 e. The molecule has 0 heterocycles. The molecule has 0 unspecified atom stereocenters. The quantitative estimate of drug-likeness (QED) is 0.249. The van der Waals surface area contributed by atoms with Crippen molar-refractivity contribution in [2.75, 3.05) is 18.5 Å². The first-order chi connectivity index (χ1) is 14.4. The van der Waals surface area contributed by atoms with Gasteiger partial charge >= 0.3 is 11.8 Å². The van der Waals surface area contributed by atoms with E-state index in [1.165, 1.54) is 12.3 Å². The van der Waals surface area contributed by atoms with Crippen LogP contribution in [0, 0.1) is 0 Å². The van der Waals surface area contributed by atoms with E-state index in [9.17, 15) is 14.4 Å². The molecule has 0 aliphatic carbocycles. The Labute approximate surface area is 182 Å². The second-order valence-corrected chi connectivity index (χ2v) is 6.60. The first kappa shape index (κ1) is 22.9. The van der Waals surface area contributed by atoms with Crippen LogP contribution in [0.3, 0.4) is 0 Å². The van der Waals surface area contributed by atoms with E-state index in [2.05, 4.69) is 27.7 Å². The summed E-state index contributed by atoms with van der Waals surface area (Å²) in [5, 5.41) is 9.45. The third-order valence-corrected chi connectivity index (χ3v) is 3.84. The topological polar surface area (TPSA) is 109 Å². The van der Waals surface area contributed by atoms with E-state index in [1.807, 2.05) is 0 Å². The van der Waals surface area contributed by atoms with Gasteiger partial charge in [0.15, 0.2) is 6.61 Å². The second-order valence-electron chi connectivity index (χ2n) is 5.73. The van der Waals surface area contributed by atoms with Crippen LogP contribution in [-0.4, -0.2) is 37.1 Å². The van der Waals surface area contributed by atoms with Crippen molar-refractivity contribution in [2.24, 2.45) is 5.10 Å². The van der Waals surface area contributed by atoms with Crippen LogP contribution in [0.2, 0.25) is 10.0 Å². The first-order valence-electron chi connectivity index (χ1n) is 8.59. The lowest BCUT2D eigenvalue weighted by Crippen LogP contribution is -2.37. The highest BCUT2D eigenvalue weighted by atomic mass is 35.5. The molecular weight excluding hydrogens is 431 g/mol. The van der Waals surface area contributed by atoms with Crippen molar-refractivity contribution in [3.05, 3.63) is 70.7 Å². The van der Waals surface area contributed by atoms with Gasteiger partial charge < -0.3 is 15.4 Å². The molecule has 0 saturated carbocycles. The molecule has 3 amide bonds. The number of halogens is 2. The van der Waals surface area contributed by atoms with Crippen molar-refractivity contribution in [1.29, 1.82) is 0 Å². The van der Waals surface area contributed by atoms with Crippen LogP contribution in [0.25, 0.3) is 0 Å². The van der Waals surface area contributed by atoms with Gasteiger partial charge in [-0.15, -0.1) is 6.58 Å². The monoisotopic (exact) mass is 448 g/mol. The lowest BCUT2D eigenvalue weighted by molar-refractivity contribution is -0.139.